The number of rotatable bonds is 9. The van der Waals surface area contributed by atoms with E-state index in [0.29, 0.717) is 32.8 Å². The molecule has 0 atom stereocenters. The summed E-state index contributed by atoms with van der Waals surface area (Å²) in [6, 6.07) is 12.5. The maximum absolute atomic E-state index is 12.4. The highest BCUT2D eigenvalue weighted by atomic mass is 35.5. The normalized spacial score (nSPS) is 11.2. The fourth-order valence-corrected chi connectivity index (χ4v) is 4.97. The molecular weight excluding hydrogens is 472 g/mol. The molecule has 0 saturated carbocycles. The molecule has 11 heteroatoms. The van der Waals surface area contributed by atoms with Crippen LogP contribution in [0.1, 0.15) is 18.4 Å². The van der Waals surface area contributed by atoms with E-state index in [1.807, 2.05) is 24.3 Å². The van der Waals surface area contributed by atoms with Gasteiger partial charge in [-0.05, 0) is 55.3 Å². The topological polar surface area (TPSA) is 101 Å². The molecule has 0 spiro atoms. The second kappa shape index (κ2) is 10.3. The van der Waals surface area contributed by atoms with Crippen molar-refractivity contribution in [1.82, 2.24) is 10.2 Å². The van der Waals surface area contributed by atoms with Crippen molar-refractivity contribution in [3.8, 4) is 16.3 Å². The van der Waals surface area contributed by atoms with Gasteiger partial charge in [0, 0.05) is 23.6 Å². The Morgan fingerprint density at radius 3 is 2.56 bits per heavy atom. The molecule has 1 N–H and O–H groups in total. The summed E-state index contributed by atoms with van der Waals surface area (Å²) < 4.78 is 31.0. The van der Waals surface area contributed by atoms with Gasteiger partial charge in [-0.15, -0.1) is 10.2 Å². The van der Waals surface area contributed by atoms with Crippen LogP contribution < -0.4 is 14.4 Å². The van der Waals surface area contributed by atoms with Gasteiger partial charge in [-0.2, -0.15) is 0 Å². The third-order valence-electron chi connectivity index (χ3n) is 4.68. The number of methoxy groups -OCH3 is 1. The molecule has 3 aromatic rings. The summed E-state index contributed by atoms with van der Waals surface area (Å²) >= 11 is 7.40. The van der Waals surface area contributed by atoms with Crippen molar-refractivity contribution in [1.29, 1.82) is 0 Å². The first-order valence-electron chi connectivity index (χ1n) is 9.69. The molecule has 1 aromatic heterocycles. The van der Waals surface area contributed by atoms with Gasteiger partial charge in [0.05, 0.1) is 19.1 Å². The van der Waals surface area contributed by atoms with Crippen LogP contribution in [0.5, 0.6) is 5.75 Å². The maximum Gasteiger partial charge on any atom is 0.232 e. The van der Waals surface area contributed by atoms with Gasteiger partial charge < -0.3 is 10.1 Å². The predicted octanol–water partition coefficient (Wildman–Crippen LogP) is 4.36. The highest BCUT2D eigenvalue weighted by Crippen LogP contribution is 2.29. The number of nitrogens with one attached hydrogen (secondary N) is 1. The molecule has 0 aliphatic rings. The number of hydrogen-bond donors (Lipinski definition) is 1. The summed E-state index contributed by atoms with van der Waals surface area (Å²) in [7, 11) is -1.94. The van der Waals surface area contributed by atoms with Gasteiger partial charge in [0.15, 0.2) is 0 Å². The fourth-order valence-electron chi connectivity index (χ4n) is 3.02. The zero-order chi connectivity index (χ0) is 23.3. The van der Waals surface area contributed by atoms with Crippen LogP contribution >= 0.6 is 22.9 Å². The molecular formula is C21H23ClN4O4S2. The summed E-state index contributed by atoms with van der Waals surface area (Å²) in [5, 5.41) is 12.4. The minimum absolute atomic E-state index is 0.128. The van der Waals surface area contributed by atoms with E-state index in [0.717, 1.165) is 17.6 Å². The average molecular weight is 495 g/mol. The molecule has 2 aromatic carbocycles. The molecule has 1 amide bonds. The summed E-state index contributed by atoms with van der Waals surface area (Å²) in [6.07, 6.45) is 1.59. The van der Waals surface area contributed by atoms with Crippen LogP contribution in [0.4, 0.5) is 10.8 Å². The molecule has 32 heavy (non-hydrogen) atoms. The largest absolute Gasteiger partial charge is 0.497 e. The van der Waals surface area contributed by atoms with Crippen LogP contribution in [-0.4, -0.2) is 44.4 Å². The number of benzene rings is 2. The van der Waals surface area contributed by atoms with Crippen molar-refractivity contribution in [3.05, 3.63) is 53.1 Å². The molecule has 1 heterocycles. The highest BCUT2D eigenvalue weighted by molar-refractivity contribution is 7.92. The summed E-state index contributed by atoms with van der Waals surface area (Å²) in [5.41, 5.74) is 2.04. The number of aromatic nitrogens is 2. The smallest absolute Gasteiger partial charge is 0.232 e. The SMILES string of the molecule is COc1ccc(-c2nnc(NC(=O)CCCN(c3cccc(Cl)c3C)S(C)(=O)=O)s2)cc1. The molecule has 0 fully saturated rings. The molecule has 0 unspecified atom stereocenters. The number of sulfonamides is 1. The Bertz CT molecular complexity index is 1200. The third-order valence-corrected chi connectivity index (χ3v) is 7.16. The first-order valence-corrected chi connectivity index (χ1v) is 12.7. The highest BCUT2D eigenvalue weighted by Gasteiger charge is 2.20. The minimum atomic E-state index is -3.53. The van der Waals surface area contributed by atoms with E-state index in [1.165, 1.54) is 15.6 Å². The quantitative estimate of drug-likeness (QED) is 0.474. The molecule has 0 radical (unpaired) electrons. The number of nitrogens with zero attached hydrogens (tertiary/aromatic N) is 3. The molecule has 3 rings (SSSR count). The van der Waals surface area contributed by atoms with E-state index in [9.17, 15) is 13.2 Å². The van der Waals surface area contributed by atoms with E-state index in [2.05, 4.69) is 15.5 Å². The predicted molar refractivity (Wildman–Crippen MR) is 128 cm³/mol. The van der Waals surface area contributed by atoms with Crippen molar-refractivity contribution >= 4 is 49.7 Å². The first-order chi connectivity index (χ1) is 15.2. The van der Waals surface area contributed by atoms with Crippen molar-refractivity contribution in [2.24, 2.45) is 0 Å². The number of anilines is 2. The van der Waals surface area contributed by atoms with Crippen LogP contribution in [0.3, 0.4) is 0 Å². The van der Waals surface area contributed by atoms with E-state index < -0.39 is 10.0 Å². The van der Waals surface area contributed by atoms with E-state index in [4.69, 9.17) is 16.3 Å². The van der Waals surface area contributed by atoms with Gasteiger partial charge in [0.25, 0.3) is 0 Å². The average Bonchev–Trinajstić information content (AvgIpc) is 3.21. The zero-order valence-electron chi connectivity index (χ0n) is 17.8. The minimum Gasteiger partial charge on any atom is -0.497 e. The number of carbonyl (C=O) groups is 1. The first kappa shape index (κ1) is 24.0. The molecule has 0 aliphatic carbocycles. The Morgan fingerprint density at radius 1 is 1.19 bits per heavy atom. The van der Waals surface area contributed by atoms with Gasteiger partial charge in [0.2, 0.25) is 21.1 Å². The number of amides is 1. The van der Waals surface area contributed by atoms with Gasteiger partial charge in [0.1, 0.15) is 10.8 Å². The Labute approximate surface area is 196 Å². The maximum atomic E-state index is 12.4. The summed E-state index contributed by atoms with van der Waals surface area (Å²) in [6.45, 7) is 1.92. The second-order valence-electron chi connectivity index (χ2n) is 7.01. The number of ether oxygens (including phenoxy) is 1. The van der Waals surface area contributed by atoms with Crippen molar-refractivity contribution < 1.29 is 17.9 Å². The Morgan fingerprint density at radius 2 is 1.91 bits per heavy atom. The van der Waals surface area contributed by atoms with Gasteiger partial charge in [-0.1, -0.05) is 29.0 Å². The lowest BCUT2D eigenvalue weighted by Crippen LogP contribution is -2.32. The Balaban J connectivity index is 1.59. The van der Waals surface area contributed by atoms with Crippen molar-refractivity contribution in [2.45, 2.75) is 19.8 Å². The molecule has 0 bridgehead atoms. The number of hydrogen-bond acceptors (Lipinski definition) is 7. The lowest BCUT2D eigenvalue weighted by Gasteiger charge is -2.24. The zero-order valence-corrected chi connectivity index (χ0v) is 20.2. The second-order valence-corrected chi connectivity index (χ2v) is 10.3. The lowest BCUT2D eigenvalue weighted by atomic mass is 10.2. The number of halogens is 1. The number of carbonyl (C=O) groups excluding carboxylic acids is 1. The van der Waals surface area contributed by atoms with Gasteiger partial charge in [-0.3, -0.25) is 9.10 Å². The van der Waals surface area contributed by atoms with Crippen LogP contribution in [0, 0.1) is 6.92 Å². The monoisotopic (exact) mass is 494 g/mol. The van der Waals surface area contributed by atoms with E-state index >= 15 is 0 Å². The van der Waals surface area contributed by atoms with Gasteiger partial charge >= 0.3 is 0 Å². The molecule has 0 saturated heterocycles. The Kier molecular flexibility index (Phi) is 7.70. The van der Waals surface area contributed by atoms with E-state index in [1.54, 1.807) is 32.2 Å². The van der Waals surface area contributed by atoms with Crippen LogP contribution in [-0.2, 0) is 14.8 Å². The van der Waals surface area contributed by atoms with E-state index in [-0.39, 0.29) is 18.9 Å². The molecule has 170 valence electrons. The summed E-state index contributed by atoms with van der Waals surface area (Å²) in [4.78, 5) is 12.4. The Hall–Kier alpha value is -2.69. The summed E-state index contributed by atoms with van der Waals surface area (Å²) in [5.74, 6) is 0.474. The van der Waals surface area contributed by atoms with Crippen LogP contribution in [0.25, 0.3) is 10.6 Å². The van der Waals surface area contributed by atoms with Crippen molar-refractivity contribution in [2.75, 3.05) is 29.5 Å². The third kappa shape index (κ3) is 5.96. The fraction of sp³-hybridized carbons (Fsp3) is 0.286. The van der Waals surface area contributed by atoms with Crippen LogP contribution in [0.15, 0.2) is 42.5 Å². The standard InChI is InChI=1S/C21H23ClN4O4S2/c1-14-17(22)6-4-7-18(14)26(32(3,28)29)13-5-8-19(27)23-21-25-24-20(31-21)15-9-11-16(30-2)12-10-15/h4,6-7,9-12H,5,8,13H2,1-3H3,(H,23,25,27). The molecule has 0 aliphatic heterocycles. The van der Waals surface area contributed by atoms with Gasteiger partial charge in [-0.25, -0.2) is 8.42 Å². The van der Waals surface area contributed by atoms with Crippen molar-refractivity contribution in [3.63, 3.8) is 0 Å². The van der Waals surface area contributed by atoms with Crippen LogP contribution in [0.2, 0.25) is 5.02 Å². The lowest BCUT2D eigenvalue weighted by molar-refractivity contribution is -0.116. The molecule has 8 nitrogen and oxygen atoms in total.